The molecule has 4 rings (SSSR count). The number of amides is 2. The summed E-state index contributed by atoms with van der Waals surface area (Å²) >= 11 is 0. The Morgan fingerprint density at radius 2 is 1.65 bits per heavy atom. The van der Waals surface area contributed by atoms with E-state index in [1.54, 1.807) is 11.8 Å². The van der Waals surface area contributed by atoms with E-state index in [4.69, 9.17) is 4.74 Å². The van der Waals surface area contributed by atoms with E-state index >= 15 is 0 Å². The third-order valence-electron chi connectivity index (χ3n) is 7.14. The molecule has 180 valence electrons. The van der Waals surface area contributed by atoms with Gasteiger partial charge in [-0.25, -0.2) is 4.79 Å². The van der Waals surface area contributed by atoms with Gasteiger partial charge in [0.2, 0.25) is 5.91 Å². The zero-order valence-electron chi connectivity index (χ0n) is 19.9. The van der Waals surface area contributed by atoms with Crippen molar-refractivity contribution in [3.8, 4) is 11.1 Å². The van der Waals surface area contributed by atoms with Crippen LogP contribution in [0.3, 0.4) is 0 Å². The van der Waals surface area contributed by atoms with Gasteiger partial charge in [-0.1, -0.05) is 62.4 Å². The van der Waals surface area contributed by atoms with E-state index in [0.29, 0.717) is 19.4 Å². The van der Waals surface area contributed by atoms with E-state index in [2.05, 4.69) is 29.6 Å². The summed E-state index contributed by atoms with van der Waals surface area (Å²) in [7, 11) is 0. The number of carbonyl (C=O) groups is 3. The van der Waals surface area contributed by atoms with Crippen LogP contribution in [0.5, 0.6) is 0 Å². The van der Waals surface area contributed by atoms with Crippen molar-refractivity contribution in [2.45, 2.75) is 51.6 Å². The average Bonchev–Trinajstić information content (AvgIpc) is 3.14. The summed E-state index contributed by atoms with van der Waals surface area (Å²) in [5.74, 6) is -1.99. The average molecular weight is 465 g/mol. The molecule has 7 nitrogen and oxygen atoms in total. The first kappa shape index (κ1) is 23.8. The van der Waals surface area contributed by atoms with Crippen molar-refractivity contribution in [2.24, 2.45) is 11.8 Å². The van der Waals surface area contributed by atoms with E-state index in [0.717, 1.165) is 22.3 Å². The molecule has 0 spiro atoms. The lowest BCUT2D eigenvalue weighted by Crippen LogP contribution is -2.57. The number of ether oxygens (including phenoxy) is 1. The summed E-state index contributed by atoms with van der Waals surface area (Å²) in [4.78, 5) is 39.3. The SMILES string of the molecule is CC(C)C(NC(=O)OCC1c2ccccc2-c2ccccc21)C(=O)N1CCC[C@H](C(=O)O)[C@@H]1C. The Bertz CT molecular complexity index is 1040. The van der Waals surface area contributed by atoms with Crippen LogP contribution >= 0.6 is 0 Å². The Hall–Kier alpha value is -3.35. The summed E-state index contributed by atoms with van der Waals surface area (Å²) in [5, 5.41) is 12.2. The van der Waals surface area contributed by atoms with Gasteiger partial charge in [-0.2, -0.15) is 0 Å². The number of alkyl carbamates (subject to hydrolysis) is 1. The van der Waals surface area contributed by atoms with Gasteiger partial charge in [0, 0.05) is 18.5 Å². The molecule has 34 heavy (non-hydrogen) atoms. The van der Waals surface area contributed by atoms with Gasteiger partial charge in [0.15, 0.2) is 0 Å². The fourth-order valence-electron chi connectivity index (χ4n) is 5.24. The number of carboxylic acids is 1. The Kier molecular flexibility index (Phi) is 6.91. The molecule has 1 aliphatic heterocycles. The molecular weight excluding hydrogens is 432 g/mol. The van der Waals surface area contributed by atoms with E-state index < -0.39 is 30.1 Å². The number of carbonyl (C=O) groups excluding carboxylic acids is 2. The maximum atomic E-state index is 13.3. The lowest BCUT2D eigenvalue weighted by molar-refractivity contribution is -0.150. The molecule has 1 aliphatic carbocycles. The molecule has 0 radical (unpaired) electrons. The highest BCUT2D eigenvalue weighted by molar-refractivity contribution is 5.87. The number of nitrogens with one attached hydrogen (secondary N) is 1. The molecule has 0 bridgehead atoms. The number of nitrogens with zero attached hydrogens (tertiary/aromatic N) is 1. The molecule has 1 unspecified atom stereocenters. The van der Waals surface area contributed by atoms with Crippen molar-refractivity contribution in [2.75, 3.05) is 13.2 Å². The normalized spacial score (nSPS) is 20.4. The topological polar surface area (TPSA) is 95.9 Å². The second kappa shape index (κ2) is 9.87. The molecular formula is C27H32N2O5. The first-order chi connectivity index (χ1) is 16.3. The number of fused-ring (bicyclic) bond motifs is 3. The minimum Gasteiger partial charge on any atom is -0.481 e. The summed E-state index contributed by atoms with van der Waals surface area (Å²) in [5.41, 5.74) is 4.54. The largest absolute Gasteiger partial charge is 0.481 e. The monoisotopic (exact) mass is 464 g/mol. The first-order valence-electron chi connectivity index (χ1n) is 11.9. The third-order valence-corrected chi connectivity index (χ3v) is 7.14. The van der Waals surface area contributed by atoms with Crippen molar-refractivity contribution in [1.29, 1.82) is 0 Å². The number of aliphatic carboxylic acids is 1. The highest BCUT2D eigenvalue weighted by atomic mass is 16.5. The van der Waals surface area contributed by atoms with E-state index in [1.165, 1.54) is 0 Å². The van der Waals surface area contributed by atoms with Crippen LogP contribution in [0.25, 0.3) is 11.1 Å². The van der Waals surface area contributed by atoms with E-state index in [-0.39, 0.29) is 24.3 Å². The van der Waals surface area contributed by atoms with Crippen LogP contribution in [0.2, 0.25) is 0 Å². The summed E-state index contributed by atoms with van der Waals surface area (Å²) in [6.45, 7) is 6.13. The van der Waals surface area contributed by atoms with E-state index in [1.807, 2.05) is 38.1 Å². The van der Waals surface area contributed by atoms with Crippen LogP contribution in [-0.2, 0) is 14.3 Å². The second-order valence-electron chi connectivity index (χ2n) is 9.55. The van der Waals surface area contributed by atoms with Crippen molar-refractivity contribution in [3.63, 3.8) is 0 Å². The molecule has 1 heterocycles. The van der Waals surface area contributed by atoms with E-state index in [9.17, 15) is 19.5 Å². The zero-order valence-corrected chi connectivity index (χ0v) is 19.9. The Balaban J connectivity index is 1.43. The fraction of sp³-hybridized carbons (Fsp3) is 0.444. The lowest BCUT2D eigenvalue weighted by Gasteiger charge is -2.40. The van der Waals surface area contributed by atoms with Crippen LogP contribution < -0.4 is 5.32 Å². The standard InChI is InChI=1S/C27H32N2O5/c1-16(2)24(25(30)29-14-8-13-18(17(29)3)26(31)32)28-27(33)34-15-23-21-11-6-4-9-19(21)20-10-5-7-12-22(20)23/h4-7,9-12,16-18,23-24H,8,13-15H2,1-3H3,(H,28,33)(H,31,32)/t17-,18-,24?/m0/s1. The zero-order chi connectivity index (χ0) is 24.4. The predicted octanol–water partition coefficient (Wildman–Crippen LogP) is 4.26. The van der Waals surface area contributed by atoms with Crippen LogP contribution in [0.15, 0.2) is 48.5 Å². The molecule has 3 atom stereocenters. The fourth-order valence-corrected chi connectivity index (χ4v) is 5.24. The van der Waals surface area contributed by atoms with Crippen molar-refractivity contribution < 1.29 is 24.2 Å². The van der Waals surface area contributed by atoms with Gasteiger partial charge in [-0.15, -0.1) is 0 Å². The molecule has 2 aromatic carbocycles. The first-order valence-corrected chi connectivity index (χ1v) is 11.9. The maximum absolute atomic E-state index is 13.3. The molecule has 0 saturated carbocycles. The van der Waals surface area contributed by atoms with Crippen LogP contribution in [0.4, 0.5) is 4.79 Å². The quantitative estimate of drug-likeness (QED) is 0.666. The van der Waals surface area contributed by atoms with Gasteiger partial charge in [0.05, 0.1) is 5.92 Å². The minimum absolute atomic E-state index is 0.0650. The van der Waals surface area contributed by atoms with Crippen LogP contribution in [-0.4, -0.2) is 53.2 Å². The van der Waals surface area contributed by atoms with Crippen molar-refractivity contribution in [3.05, 3.63) is 59.7 Å². The number of piperidine rings is 1. The maximum Gasteiger partial charge on any atom is 0.407 e. The smallest absolute Gasteiger partial charge is 0.407 e. The number of hydrogen-bond donors (Lipinski definition) is 2. The highest BCUT2D eigenvalue weighted by Gasteiger charge is 2.39. The lowest BCUT2D eigenvalue weighted by atomic mass is 9.89. The van der Waals surface area contributed by atoms with Gasteiger partial charge >= 0.3 is 12.1 Å². The molecule has 2 N–H and O–H groups in total. The van der Waals surface area contributed by atoms with Gasteiger partial charge in [0.1, 0.15) is 12.6 Å². The number of carboxylic acid groups (broad SMARTS) is 1. The summed E-state index contributed by atoms with van der Waals surface area (Å²) in [6, 6.07) is 15.0. The molecule has 1 fully saturated rings. The van der Waals surface area contributed by atoms with Crippen LogP contribution in [0, 0.1) is 11.8 Å². The highest BCUT2D eigenvalue weighted by Crippen LogP contribution is 2.44. The second-order valence-corrected chi connectivity index (χ2v) is 9.55. The van der Waals surface area contributed by atoms with Gasteiger partial charge < -0.3 is 20.1 Å². The van der Waals surface area contributed by atoms with Crippen molar-refractivity contribution >= 4 is 18.0 Å². The van der Waals surface area contributed by atoms with Crippen molar-refractivity contribution in [1.82, 2.24) is 10.2 Å². The molecule has 0 aromatic heterocycles. The molecule has 2 amide bonds. The minimum atomic E-state index is -0.893. The number of rotatable bonds is 6. The van der Waals surface area contributed by atoms with Gasteiger partial charge in [0.25, 0.3) is 0 Å². The number of likely N-dealkylation sites (tertiary alicyclic amines) is 1. The molecule has 2 aliphatic rings. The molecule has 7 heteroatoms. The van der Waals surface area contributed by atoms with Gasteiger partial charge in [-0.05, 0) is 47.9 Å². The summed E-state index contributed by atoms with van der Waals surface area (Å²) < 4.78 is 5.63. The number of hydrogen-bond acceptors (Lipinski definition) is 4. The molecule has 2 aromatic rings. The Morgan fingerprint density at radius 1 is 1.06 bits per heavy atom. The Labute approximate surface area is 200 Å². The predicted molar refractivity (Wildman–Crippen MR) is 128 cm³/mol. The summed E-state index contributed by atoms with van der Waals surface area (Å²) in [6.07, 6.45) is 0.531. The molecule has 1 saturated heterocycles. The van der Waals surface area contributed by atoms with Crippen LogP contribution in [0.1, 0.15) is 50.7 Å². The Morgan fingerprint density at radius 3 is 2.21 bits per heavy atom. The number of benzene rings is 2. The van der Waals surface area contributed by atoms with Gasteiger partial charge in [-0.3, -0.25) is 9.59 Å². The third kappa shape index (κ3) is 4.52.